The number of aliphatic hydroxyl groups is 1. The maximum Gasteiger partial charge on any atom is 0.349 e. The zero-order valence-electron chi connectivity index (χ0n) is 24.6. The molecule has 1 fully saturated rings. The largest absolute Gasteiger partial charge is 0.497 e. The second-order valence-electron chi connectivity index (χ2n) is 9.82. The van der Waals surface area contributed by atoms with Gasteiger partial charge in [-0.15, -0.1) is 0 Å². The van der Waals surface area contributed by atoms with E-state index in [1.165, 1.54) is 21.0 Å². The van der Waals surface area contributed by atoms with Crippen LogP contribution in [0.2, 0.25) is 0 Å². The molecule has 2 N–H and O–H groups in total. The van der Waals surface area contributed by atoms with Gasteiger partial charge in [-0.3, -0.25) is 14.4 Å². The third-order valence-electron chi connectivity index (χ3n) is 6.48. The first-order chi connectivity index (χ1) is 20.5. The molecule has 1 saturated heterocycles. The monoisotopic (exact) mass is 619 g/mol. The van der Waals surface area contributed by atoms with Gasteiger partial charge in [-0.25, -0.2) is 4.79 Å². The minimum atomic E-state index is -1.82. The standard InChI is InChI=1S/C30H37NO11S/c1-18(32)31-26-25(40-19(2)33)15-30(29(36)38-5,43-23-9-7-6-8-10-23)42-28(26)27(41-20(3)34)24(35)17-39-16-21-11-13-22(37-4)14-12-21/h6-14,24-28,35H,15-17H2,1-5H3,(H,31,32)/t24-,25+,26-,27-,28-,30+/m1/s1. The maximum atomic E-state index is 13.4. The van der Waals surface area contributed by atoms with Crippen molar-refractivity contribution in [2.24, 2.45) is 0 Å². The number of amides is 1. The van der Waals surface area contributed by atoms with Gasteiger partial charge < -0.3 is 38.8 Å². The zero-order valence-corrected chi connectivity index (χ0v) is 25.5. The molecule has 1 aliphatic heterocycles. The lowest BCUT2D eigenvalue weighted by Crippen LogP contribution is -2.67. The molecule has 0 radical (unpaired) electrons. The van der Waals surface area contributed by atoms with Crippen molar-refractivity contribution in [3.8, 4) is 5.75 Å². The fourth-order valence-electron chi connectivity index (χ4n) is 4.70. The molecule has 2 aromatic rings. The predicted octanol–water partition coefficient (Wildman–Crippen LogP) is 2.39. The van der Waals surface area contributed by atoms with Gasteiger partial charge in [0.2, 0.25) is 10.8 Å². The van der Waals surface area contributed by atoms with E-state index in [1.54, 1.807) is 61.7 Å². The smallest absolute Gasteiger partial charge is 0.349 e. The van der Waals surface area contributed by atoms with Crippen LogP contribution in [0.1, 0.15) is 32.8 Å². The van der Waals surface area contributed by atoms with E-state index >= 15 is 0 Å². The summed E-state index contributed by atoms with van der Waals surface area (Å²) in [5.74, 6) is -2.10. The van der Waals surface area contributed by atoms with Gasteiger partial charge in [0.25, 0.3) is 0 Å². The van der Waals surface area contributed by atoms with Crippen molar-refractivity contribution in [3.63, 3.8) is 0 Å². The number of rotatable bonds is 13. The van der Waals surface area contributed by atoms with Gasteiger partial charge in [0.15, 0.2) is 6.10 Å². The van der Waals surface area contributed by atoms with Crippen LogP contribution in [0.25, 0.3) is 0 Å². The van der Waals surface area contributed by atoms with Crippen LogP contribution >= 0.6 is 11.8 Å². The molecule has 0 aliphatic carbocycles. The number of carbonyl (C=O) groups excluding carboxylic acids is 4. The van der Waals surface area contributed by atoms with E-state index in [0.717, 1.165) is 24.2 Å². The van der Waals surface area contributed by atoms with Crippen LogP contribution in [0.5, 0.6) is 5.75 Å². The molecule has 1 heterocycles. The molecule has 0 saturated carbocycles. The van der Waals surface area contributed by atoms with E-state index in [9.17, 15) is 24.3 Å². The number of benzene rings is 2. The van der Waals surface area contributed by atoms with Gasteiger partial charge in [0.1, 0.15) is 24.1 Å². The zero-order chi connectivity index (χ0) is 31.6. The summed E-state index contributed by atoms with van der Waals surface area (Å²) in [4.78, 5) is 49.0. The quantitative estimate of drug-likeness (QED) is 0.250. The van der Waals surface area contributed by atoms with Gasteiger partial charge in [-0.2, -0.15) is 0 Å². The van der Waals surface area contributed by atoms with Gasteiger partial charge in [-0.1, -0.05) is 42.1 Å². The molecule has 0 aromatic heterocycles. The Bertz CT molecular complexity index is 1240. The summed E-state index contributed by atoms with van der Waals surface area (Å²) in [6.07, 6.45) is -5.71. The van der Waals surface area contributed by atoms with Gasteiger partial charge >= 0.3 is 17.9 Å². The molecule has 1 aliphatic rings. The number of methoxy groups -OCH3 is 2. The topological polar surface area (TPSA) is 156 Å². The molecule has 0 unspecified atom stereocenters. The third kappa shape index (κ3) is 9.42. The summed E-state index contributed by atoms with van der Waals surface area (Å²) >= 11 is 1.00. The molecule has 12 nitrogen and oxygen atoms in total. The highest BCUT2D eigenvalue weighted by Gasteiger charge is 2.58. The minimum Gasteiger partial charge on any atom is -0.497 e. The van der Waals surface area contributed by atoms with Crippen LogP contribution in [0.15, 0.2) is 59.5 Å². The second-order valence-corrected chi connectivity index (χ2v) is 11.2. The summed E-state index contributed by atoms with van der Waals surface area (Å²) in [6, 6.07) is 14.8. The van der Waals surface area contributed by atoms with Crippen molar-refractivity contribution in [1.29, 1.82) is 0 Å². The highest BCUT2D eigenvalue weighted by Crippen LogP contribution is 2.45. The van der Waals surface area contributed by atoms with Crippen LogP contribution in [0.3, 0.4) is 0 Å². The number of hydrogen-bond donors (Lipinski definition) is 2. The summed E-state index contributed by atoms with van der Waals surface area (Å²) in [6.45, 7) is 3.37. The highest BCUT2D eigenvalue weighted by atomic mass is 32.2. The van der Waals surface area contributed by atoms with Crippen molar-refractivity contribution in [3.05, 3.63) is 60.2 Å². The first-order valence-electron chi connectivity index (χ1n) is 13.5. The number of nitrogens with one attached hydrogen (secondary N) is 1. The van der Waals surface area contributed by atoms with Gasteiger partial charge in [0, 0.05) is 32.1 Å². The molecule has 234 valence electrons. The SMILES string of the molecule is COC(=O)[C@@]1(Sc2ccccc2)C[C@H](OC(C)=O)[C@@H](NC(C)=O)[C@H]([C@H](OC(C)=O)[C@H](O)COCc2ccc(OC)cc2)O1. The van der Waals surface area contributed by atoms with E-state index < -0.39 is 59.2 Å². The molecule has 13 heteroatoms. The van der Waals surface area contributed by atoms with Crippen molar-refractivity contribution < 1.29 is 52.7 Å². The van der Waals surface area contributed by atoms with Gasteiger partial charge in [-0.05, 0) is 29.8 Å². The Morgan fingerprint density at radius 2 is 1.70 bits per heavy atom. The number of ether oxygens (including phenoxy) is 6. The summed E-state index contributed by atoms with van der Waals surface area (Å²) in [5, 5.41) is 14.0. The number of aliphatic hydroxyl groups excluding tert-OH is 1. The van der Waals surface area contributed by atoms with Crippen molar-refractivity contribution in [2.45, 2.75) is 74.1 Å². The molecule has 0 spiro atoms. The number of thioether (sulfide) groups is 1. The fraction of sp³-hybridized carbons (Fsp3) is 0.467. The summed E-state index contributed by atoms with van der Waals surface area (Å²) in [7, 11) is 2.73. The van der Waals surface area contributed by atoms with E-state index in [2.05, 4.69) is 5.32 Å². The van der Waals surface area contributed by atoms with Crippen LogP contribution in [-0.2, 0) is 49.5 Å². The molecular formula is C30H37NO11S. The molecule has 3 rings (SSSR count). The average Bonchev–Trinajstić information content (AvgIpc) is 2.97. The average molecular weight is 620 g/mol. The molecule has 43 heavy (non-hydrogen) atoms. The van der Waals surface area contributed by atoms with Gasteiger partial charge in [0.05, 0.1) is 33.5 Å². The van der Waals surface area contributed by atoms with Crippen LogP contribution in [0, 0.1) is 0 Å². The molecular weight excluding hydrogens is 582 g/mol. The molecule has 0 bridgehead atoms. The summed E-state index contributed by atoms with van der Waals surface area (Å²) in [5.41, 5.74) is 0.793. The molecule has 6 atom stereocenters. The lowest BCUT2D eigenvalue weighted by molar-refractivity contribution is -0.220. The molecule has 2 aromatic carbocycles. The first kappa shape index (κ1) is 33.8. The van der Waals surface area contributed by atoms with E-state index in [1.807, 2.05) is 0 Å². The van der Waals surface area contributed by atoms with Crippen molar-refractivity contribution in [2.75, 3.05) is 20.8 Å². The molecule has 1 amide bonds. The lowest BCUT2D eigenvalue weighted by Gasteiger charge is -2.48. The Kier molecular flexibility index (Phi) is 12.4. The normalized spacial score (nSPS) is 22.9. The first-order valence-corrected chi connectivity index (χ1v) is 14.3. The Hall–Kier alpha value is -3.65. The van der Waals surface area contributed by atoms with E-state index in [0.29, 0.717) is 10.6 Å². The Morgan fingerprint density at radius 3 is 2.26 bits per heavy atom. The van der Waals surface area contributed by atoms with Crippen LogP contribution < -0.4 is 10.1 Å². The van der Waals surface area contributed by atoms with Crippen molar-refractivity contribution >= 4 is 35.6 Å². The number of hydrogen-bond acceptors (Lipinski definition) is 12. The van der Waals surface area contributed by atoms with E-state index in [-0.39, 0.29) is 19.6 Å². The Morgan fingerprint density at radius 1 is 1.02 bits per heavy atom. The van der Waals surface area contributed by atoms with Crippen molar-refractivity contribution in [1.82, 2.24) is 5.32 Å². The third-order valence-corrected chi connectivity index (χ3v) is 7.75. The second kappa shape index (κ2) is 15.7. The Labute approximate surface area is 254 Å². The maximum absolute atomic E-state index is 13.4. The van der Waals surface area contributed by atoms with Crippen LogP contribution in [-0.4, -0.2) is 85.1 Å². The van der Waals surface area contributed by atoms with E-state index in [4.69, 9.17) is 28.4 Å². The number of esters is 3. The minimum absolute atomic E-state index is 0.112. The van der Waals surface area contributed by atoms with Crippen LogP contribution in [0.4, 0.5) is 0 Å². The Balaban J connectivity index is 2.00. The highest BCUT2D eigenvalue weighted by molar-refractivity contribution is 8.01. The fourth-order valence-corrected chi connectivity index (χ4v) is 5.94. The predicted molar refractivity (Wildman–Crippen MR) is 154 cm³/mol. The number of carbonyl (C=O) groups is 4. The lowest BCUT2D eigenvalue weighted by atomic mass is 9.89. The summed E-state index contributed by atoms with van der Waals surface area (Å²) < 4.78 is 33.5.